The first kappa shape index (κ1) is 17.6. The highest BCUT2D eigenvalue weighted by molar-refractivity contribution is 7.09. The van der Waals surface area contributed by atoms with Gasteiger partial charge in [-0.3, -0.25) is 9.59 Å². The number of aryl methyl sites for hydroxylation is 1. The van der Waals surface area contributed by atoms with E-state index in [4.69, 9.17) is 4.74 Å². The molecule has 2 rings (SSSR count). The van der Waals surface area contributed by atoms with Crippen LogP contribution in [0.15, 0.2) is 11.5 Å². The number of carbonyl (C=O) groups excluding carboxylic acids is 2. The van der Waals surface area contributed by atoms with Gasteiger partial charge in [0.15, 0.2) is 0 Å². The molecule has 1 aromatic rings. The van der Waals surface area contributed by atoms with Gasteiger partial charge in [0.25, 0.3) is 0 Å². The molecule has 0 aromatic carbocycles. The van der Waals surface area contributed by atoms with E-state index in [0.717, 1.165) is 10.7 Å². The fourth-order valence-electron chi connectivity index (χ4n) is 2.51. The first-order chi connectivity index (χ1) is 10.9. The SMILES string of the molecule is Cc1nc(/C=C\C(=O)NCCC(=O)N2C[C@@H](C)O[C@@H](C)C2)cs1. The van der Waals surface area contributed by atoms with E-state index < -0.39 is 0 Å². The lowest BCUT2D eigenvalue weighted by Gasteiger charge is -2.35. The summed E-state index contributed by atoms with van der Waals surface area (Å²) in [6.07, 6.45) is 3.53. The van der Waals surface area contributed by atoms with Crippen molar-refractivity contribution >= 4 is 29.2 Å². The van der Waals surface area contributed by atoms with E-state index in [2.05, 4.69) is 10.3 Å². The predicted molar refractivity (Wildman–Crippen MR) is 90.1 cm³/mol. The van der Waals surface area contributed by atoms with Gasteiger partial charge in [0.1, 0.15) is 0 Å². The van der Waals surface area contributed by atoms with Gasteiger partial charge in [-0.1, -0.05) is 0 Å². The minimum Gasteiger partial charge on any atom is -0.372 e. The van der Waals surface area contributed by atoms with Gasteiger partial charge in [-0.2, -0.15) is 0 Å². The molecule has 2 heterocycles. The van der Waals surface area contributed by atoms with E-state index >= 15 is 0 Å². The number of hydrogen-bond donors (Lipinski definition) is 1. The molecule has 1 aromatic heterocycles. The summed E-state index contributed by atoms with van der Waals surface area (Å²) in [5.74, 6) is -0.168. The Hall–Kier alpha value is -1.73. The second kappa shape index (κ2) is 8.21. The Bertz CT molecular complexity index is 575. The zero-order chi connectivity index (χ0) is 16.8. The fourth-order valence-corrected chi connectivity index (χ4v) is 3.09. The third kappa shape index (κ3) is 5.76. The summed E-state index contributed by atoms with van der Waals surface area (Å²) >= 11 is 1.54. The van der Waals surface area contributed by atoms with Crippen molar-refractivity contribution < 1.29 is 14.3 Å². The smallest absolute Gasteiger partial charge is 0.244 e. The molecule has 23 heavy (non-hydrogen) atoms. The standard InChI is InChI=1S/C16H23N3O3S/c1-11-8-19(9-12(2)22-11)16(21)6-7-17-15(20)5-4-14-10-23-13(3)18-14/h4-5,10-12H,6-9H2,1-3H3,(H,17,20)/b5-4-/t11-,12+. The molecule has 1 saturated heterocycles. The van der Waals surface area contributed by atoms with Crippen molar-refractivity contribution in [3.05, 3.63) is 22.2 Å². The van der Waals surface area contributed by atoms with E-state index in [1.165, 1.54) is 17.4 Å². The lowest BCUT2D eigenvalue weighted by atomic mass is 10.2. The molecule has 1 N–H and O–H groups in total. The minimum absolute atomic E-state index is 0.0476. The van der Waals surface area contributed by atoms with Gasteiger partial charge >= 0.3 is 0 Å². The molecule has 0 bridgehead atoms. The number of rotatable bonds is 5. The molecule has 1 aliphatic rings. The normalized spacial score (nSPS) is 21.6. The number of hydrogen-bond acceptors (Lipinski definition) is 5. The van der Waals surface area contributed by atoms with Crippen LogP contribution in [0.1, 0.15) is 31.0 Å². The molecule has 1 aliphatic heterocycles. The molecular weight excluding hydrogens is 314 g/mol. The number of amides is 2. The van der Waals surface area contributed by atoms with Crippen molar-refractivity contribution in [1.29, 1.82) is 0 Å². The number of nitrogens with one attached hydrogen (secondary N) is 1. The first-order valence-corrected chi connectivity index (χ1v) is 8.63. The second-order valence-electron chi connectivity index (χ2n) is 5.72. The number of ether oxygens (including phenoxy) is 1. The Balaban J connectivity index is 1.70. The van der Waals surface area contributed by atoms with Crippen molar-refractivity contribution in [3.63, 3.8) is 0 Å². The third-order valence-electron chi connectivity index (χ3n) is 3.45. The second-order valence-corrected chi connectivity index (χ2v) is 6.78. The van der Waals surface area contributed by atoms with Crippen molar-refractivity contribution in [1.82, 2.24) is 15.2 Å². The zero-order valence-electron chi connectivity index (χ0n) is 13.7. The summed E-state index contributed by atoms with van der Waals surface area (Å²) in [5.41, 5.74) is 0.773. The highest BCUT2D eigenvalue weighted by Crippen LogP contribution is 2.11. The Morgan fingerprint density at radius 1 is 1.43 bits per heavy atom. The molecule has 6 nitrogen and oxygen atoms in total. The lowest BCUT2D eigenvalue weighted by Crippen LogP contribution is -2.48. The van der Waals surface area contributed by atoms with Crippen LogP contribution < -0.4 is 5.32 Å². The minimum atomic E-state index is -0.216. The average Bonchev–Trinajstić information content (AvgIpc) is 2.89. The topological polar surface area (TPSA) is 71.5 Å². The van der Waals surface area contributed by atoms with E-state index in [0.29, 0.717) is 26.1 Å². The number of carbonyl (C=O) groups is 2. The maximum absolute atomic E-state index is 12.1. The van der Waals surface area contributed by atoms with Gasteiger partial charge in [0.2, 0.25) is 11.8 Å². The average molecular weight is 337 g/mol. The first-order valence-electron chi connectivity index (χ1n) is 7.75. The van der Waals surface area contributed by atoms with Gasteiger partial charge in [-0.15, -0.1) is 11.3 Å². The zero-order valence-corrected chi connectivity index (χ0v) is 14.6. The van der Waals surface area contributed by atoms with Gasteiger partial charge < -0.3 is 15.0 Å². The molecule has 126 valence electrons. The molecule has 0 saturated carbocycles. The van der Waals surface area contributed by atoms with E-state index in [-0.39, 0.29) is 24.0 Å². The molecule has 0 unspecified atom stereocenters. The summed E-state index contributed by atoms with van der Waals surface area (Å²) in [6.45, 7) is 7.39. The van der Waals surface area contributed by atoms with Gasteiger partial charge in [0, 0.05) is 37.5 Å². The molecule has 0 radical (unpaired) electrons. The molecule has 2 amide bonds. The lowest BCUT2D eigenvalue weighted by molar-refractivity contribution is -0.143. The van der Waals surface area contributed by atoms with Crippen LogP contribution in [0.5, 0.6) is 0 Å². The van der Waals surface area contributed by atoms with Gasteiger partial charge in [0.05, 0.1) is 22.9 Å². The van der Waals surface area contributed by atoms with Crippen LogP contribution in [0.3, 0.4) is 0 Å². The van der Waals surface area contributed by atoms with E-state index in [1.807, 2.05) is 26.2 Å². The predicted octanol–water partition coefficient (Wildman–Crippen LogP) is 1.61. The maximum atomic E-state index is 12.1. The Labute approximate surface area is 140 Å². The number of morpholine rings is 1. The molecule has 7 heteroatoms. The highest BCUT2D eigenvalue weighted by atomic mass is 32.1. The highest BCUT2D eigenvalue weighted by Gasteiger charge is 2.25. The maximum Gasteiger partial charge on any atom is 0.244 e. The molecule has 1 fully saturated rings. The quantitative estimate of drug-likeness (QED) is 0.829. The van der Waals surface area contributed by atoms with Gasteiger partial charge in [-0.05, 0) is 26.8 Å². The van der Waals surface area contributed by atoms with E-state index in [9.17, 15) is 9.59 Å². The van der Waals surface area contributed by atoms with Crippen LogP contribution in [0.25, 0.3) is 6.08 Å². The summed E-state index contributed by atoms with van der Waals surface area (Å²) in [7, 11) is 0. The van der Waals surface area contributed by atoms with Crippen LogP contribution in [0.2, 0.25) is 0 Å². The van der Waals surface area contributed by atoms with Crippen molar-refractivity contribution in [2.24, 2.45) is 0 Å². The van der Waals surface area contributed by atoms with Crippen LogP contribution in [0.4, 0.5) is 0 Å². The Kier molecular flexibility index (Phi) is 6.29. The largest absolute Gasteiger partial charge is 0.372 e. The van der Waals surface area contributed by atoms with Crippen LogP contribution in [-0.4, -0.2) is 53.5 Å². The van der Waals surface area contributed by atoms with Gasteiger partial charge in [-0.25, -0.2) is 4.98 Å². The fraction of sp³-hybridized carbons (Fsp3) is 0.562. The van der Waals surface area contributed by atoms with Crippen LogP contribution in [0, 0.1) is 6.92 Å². The summed E-state index contributed by atoms with van der Waals surface area (Å²) < 4.78 is 5.61. The number of nitrogens with zero attached hydrogens (tertiary/aromatic N) is 2. The monoisotopic (exact) mass is 337 g/mol. The number of aromatic nitrogens is 1. The molecular formula is C16H23N3O3S. The number of thiazole rings is 1. The van der Waals surface area contributed by atoms with E-state index in [1.54, 1.807) is 11.0 Å². The Morgan fingerprint density at radius 3 is 2.74 bits per heavy atom. The molecule has 0 aliphatic carbocycles. The van der Waals surface area contributed by atoms with Crippen molar-refractivity contribution in [2.45, 2.75) is 39.4 Å². The molecule has 2 atom stereocenters. The van der Waals surface area contributed by atoms with Crippen molar-refractivity contribution in [2.75, 3.05) is 19.6 Å². The molecule has 0 spiro atoms. The summed E-state index contributed by atoms with van der Waals surface area (Å²) in [6, 6.07) is 0. The Morgan fingerprint density at radius 2 is 2.13 bits per heavy atom. The third-order valence-corrected chi connectivity index (χ3v) is 4.24. The van der Waals surface area contributed by atoms with Crippen LogP contribution >= 0.6 is 11.3 Å². The van der Waals surface area contributed by atoms with Crippen molar-refractivity contribution in [3.8, 4) is 0 Å². The summed E-state index contributed by atoms with van der Waals surface area (Å²) in [5, 5.41) is 5.58. The summed E-state index contributed by atoms with van der Waals surface area (Å²) in [4.78, 5) is 29.9. The van der Waals surface area contributed by atoms with Crippen LogP contribution in [-0.2, 0) is 14.3 Å².